The molecule has 0 spiro atoms. The zero-order valence-corrected chi connectivity index (χ0v) is 15.5. The normalized spacial score (nSPS) is 21.7. The molecule has 0 saturated carbocycles. The standard InChI is InChI=1S/C20H27N5O/c1-16-5-2-3-7-18(16)19-13-21-23-20(22-19)25-8-4-6-17(15-25)14-24-9-11-26-12-10-24/h2-3,5,7,13,17H,4,6,8-12,14-15H2,1H3. The number of aryl methyl sites for hydroxylation is 1. The van der Waals surface area contributed by atoms with Crippen LogP contribution < -0.4 is 4.90 Å². The van der Waals surface area contributed by atoms with Crippen LogP contribution in [0, 0.1) is 12.8 Å². The summed E-state index contributed by atoms with van der Waals surface area (Å²) in [5, 5.41) is 8.57. The van der Waals surface area contributed by atoms with Crippen molar-refractivity contribution in [2.75, 3.05) is 50.8 Å². The maximum absolute atomic E-state index is 5.46. The molecule has 0 radical (unpaired) electrons. The van der Waals surface area contributed by atoms with Gasteiger partial charge in [-0.15, -0.1) is 5.10 Å². The predicted octanol–water partition coefficient (Wildman–Crippen LogP) is 2.40. The first kappa shape index (κ1) is 17.4. The van der Waals surface area contributed by atoms with Gasteiger partial charge in [-0.1, -0.05) is 24.3 Å². The van der Waals surface area contributed by atoms with Crippen molar-refractivity contribution in [3.63, 3.8) is 0 Å². The molecular formula is C20H27N5O. The van der Waals surface area contributed by atoms with E-state index >= 15 is 0 Å². The van der Waals surface area contributed by atoms with Crippen molar-refractivity contribution in [2.24, 2.45) is 5.92 Å². The average molecular weight is 353 g/mol. The van der Waals surface area contributed by atoms with Crippen molar-refractivity contribution >= 4 is 5.95 Å². The Hall–Kier alpha value is -2.05. The Balaban J connectivity index is 1.46. The number of anilines is 1. The summed E-state index contributed by atoms with van der Waals surface area (Å²) in [5.74, 6) is 1.42. The van der Waals surface area contributed by atoms with E-state index in [0.29, 0.717) is 5.92 Å². The molecule has 1 atom stereocenters. The molecule has 2 saturated heterocycles. The Kier molecular flexibility index (Phi) is 5.41. The molecule has 0 bridgehead atoms. The number of rotatable bonds is 4. The van der Waals surface area contributed by atoms with Gasteiger partial charge in [-0.05, 0) is 31.2 Å². The molecule has 138 valence electrons. The summed E-state index contributed by atoms with van der Waals surface area (Å²) in [4.78, 5) is 9.66. The maximum atomic E-state index is 5.46. The average Bonchev–Trinajstić information content (AvgIpc) is 2.69. The third kappa shape index (κ3) is 4.02. The van der Waals surface area contributed by atoms with Crippen LogP contribution in [-0.4, -0.2) is 66.0 Å². The van der Waals surface area contributed by atoms with E-state index in [0.717, 1.165) is 63.1 Å². The summed E-state index contributed by atoms with van der Waals surface area (Å²) < 4.78 is 5.46. The molecule has 0 amide bonds. The zero-order chi connectivity index (χ0) is 17.8. The van der Waals surface area contributed by atoms with Crippen LogP contribution in [0.2, 0.25) is 0 Å². The van der Waals surface area contributed by atoms with E-state index in [2.05, 4.69) is 45.1 Å². The van der Waals surface area contributed by atoms with E-state index in [-0.39, 0.29) is 0 Å². The molecule has 3 heterocycles. The van der Waals surface area contributed by atoms with Crippen molar-refractivity contribution in [1.82, 2.24) is 20.1 Å². The van der Waals surface area contributed by atoms with Gasteiger partial charge in [-0.25, -0.2) is 4.98 Å². The second-order valence-corrected chi connectivity index (χ2v) is 7.32. The Bertz CT molecular complexity index is 732. The lowest BCUT2D eigenvalue weighted by Crippen LogP contribution is -2.45. The van der Waals surface area contributed by atoms with Crippen LogP contribution in [0.5, 0.6) is 0 Å². The highest BCUT2D eigenvalue weighted by atomic mass is 16.5. The highest BCUT2D eigenvalue weighted by molar-refractivity contribution is 5.63. The summed E-state index contributed by atoms with van der Waals surface area (Å²) in [7, 11) is 0. The second kappa shape index (κ2) is 8.10. The lowest BCUT2D eigenvalue weighted by atomic mass is 9.97. The molecular weight excluding hydrogens is 326 g/mol. The van der Waals surface area contributed by atoms with E-state index in [1.54, 1.807) is 6.20 Å². The second-order valence-electron chi connectivity index (χ2n) is 7.32. The molecule has 2 aliphatic rings. The van der Waals surface area contributed by atoms with Crippen molar-refractivity contribution in [1.29, 1.82) is 0 Å². The van der Waals surface area contributed by atoms with Crippen molar-refractivity contribution in [2.45, 2.75) is 19.8 Å². The third-order valence-electron chi connectivity index (χ3n) is 5.39. The van der Waals surface area contributed by atoms with Crippen molar-refractivity contribution in [3.05, 3.63) is 36.0 Å². The number of benzene rings is 1. The minimum Gasteiger partial charge on any atom is -0.379 e. The first-order valence-corrected chi connectivity index (χ1v) is 9.60. The van der Waals surface area contributed by atoms with Crippen LogP contribution >= 0.6 is 0 Å². The molecule has 1 aromatic carbocycles. The number of ether oxygens (including phenoxy) is 1. The third-order valence-corrected chi connectivity index (χ3v) is 5.39. The van der Waals surface area contributed by atoms with Gasteiger partial charge in [-0.2, -0.15) is 5.10 Å². The van der Waals surface area contributed by atoms with Gasteiger partial charge < -0.3 is 9.64 Å². The van der Waals surface area contributed by atoms with Crippen LogP contribution in [0.15, 0.2) is 30.5 Å². The largest absolute Gasteiger partial charge is 0.379 e. The highest BCUT2D eigenvalue weighted by Gasteiger charge is 2.25. The molecule has 6 heteroatoms. The summed E-state index contributed by atoms with van der Waals surface area (Å²) in [5.41, 5.74) is 3.25. The summed E-state index contributed by atoms with van der Waals surface area (Å²) in [6, 6.07) is 8.30. The maximum Gasteiger partial charge on any atom is 0.245 e. The molecule has 1 unspecified atom stereocenters. The van der Waals surface area contributed by atoms with E-state index in [1.165, 1.54) is 18.4 Å². The topological polar surface area (TPSA) is 54.4 Å². The monoisotopic (exact) mass is 353 g/mol. The zero-order valence-electron chi connectivity index (χ0n) is 15.5. The Labute approximate surface area is 155 Å². The first-order chi connectivity index (χ1) is 12.8. The number of hydrogen-bond acceptors (Lipinski definition) is 6. The van der Waals surface area contributed by atoms with Crippen molar-refractivity contribution in [3.8, 4) is 11.3 Å². The predicted molar refractivity (Wildman–Crippen MR) is 102 cm³/mol. The molecule has 0 N–H and O–H groups in total. The molecule has 6 nitrogen and oxygen atoms in total. The smallest absolute Gasteiger partial charge is 0.245 e. The fraction of sp³-hybridized carbons (Fsp3) is 0.550. The first-order valence-electron chi connectivity index (χ1n) is 9.60. The molecule has 4 rings (SSSR count). The van der Waals surface area contributed by atoms with Gasteiger partial charge in [-0.3, -0.25) is 4.90 Å². The Morgan fingerprint density at radius 3 is 2.85 bits per heavy atom. The molecule has 2 aromatic rings. The van der Waals surface area contributed by atoms with Gasteiger partial charge in [0.1, 0.15) is 0 Å². The number of hydrogen-bond donors (Lipinski definition) is 0. The highest BCUT2D eigenvalue weighted by Crippen LogP contribution is 2.25. The van der Waals surface area contributed by atoms with Crippen LogP contribution in [0.1, 0.15) is 18.4 Å². The van der Waals surface area contributed by atoms with Gasteiger partial charge in [0.25, 0.3) is 0 Å². The fourth-order valence-corrected chi connectivity index (χ4v) is 3.96. The molecule has 2 aliphatic heterocycles. The lowest BCUT2D eigenvalue weighted by Gasteiger charge is -2.36. The van der Waals surface area contributed by atoms with Gasteiger partial charge in [0.05, 0.1) is 25.1 Å². The number of aromatic nitrogens is 3. The van der Waals surface area contributed by atoms with Gasteiger partial charge in [0.2, 0.25) is 5.95 Å². The minimum absolute atomic E-state index is 0.660. The van der Waals surface area contributed by atoms with Crippen molar-refractivity contribution < 1.29 is 4.74 Å². The van der Waals surface area contributed by atoms with Gasteiger partial charge >= 0.3 is 0 Å². The lowest BCUT2D eigenvalue weighted by molar-refractivity contribution is 0.0296. The number of nitrogens with zero attached hydrogens (tertiary/aromatic N) is 5. The van der Waals surface area contributed by atoms with Gasteiger partial charge in [0.15, 0.2) is 0 Å². The number of piperidine rings is 1. The van der Waals surface area contributed by atoms with Gasteiger partial charge in [0, 0.05) is 38.3 Å². The molecule has 0 aliphatic carbocycles. The van der Waals surface area contributed by atoms with Crippen LogP contribution in [-0.2, 0) is 4.74 Å². The van der Waals surface area contributed by atoms with Crippen LogP contribution in [0.3, 0.4) is 0 Å². The van der Waals surface area contributed by atoms with E-state index in [4.69, 9.17) is 9.72 Å². The van der Waals surface area contributed by atoms with E-state index in [1.807, 2.05) is 6.07 Å². The molecule has 1 aromatic heterocycles. The Morgan fingerprint density at radius 1 is 1.15 bits per heavy atom. The SMILES string of the molecule is Cc1ccccc1-c1cnnc(N2CCCC(CN3CCOCC3)C2)n1. The minimum atomic E-state index is 0.660. The summed E-state index contributed by atoms with van der Waals surface area (Å²) in [6.45, 7) is 9.11. The quantitative estimate of drug-likeness (QED) is 0.841. The fourth-order valence-electron chi connectivity index (χ4n) is 3.96. The Morgan fingerprint density at radius 2 is 2.00 bits per heavy atom. The molecule has 26 heavy (non-hydrogen) atoms. The number of morpholine rings is 1. The van der Waals surface area contributed by atoms with Crippen LogP contribution in [0.25, 0.3) is 11.3 Å². The van der Waals surface area contributed by atoms with E-state index < -0.39 is 0 Å². The summed E-state index contributed by atoms with van der Waals surface area (Å²) in [6.07, 6.45) is 4.23. The van der Waals surface area contributed by atoms with E-state index in [9.17, 15) is 0 Å². The summed E-state index contributed by atoms with van der Waals surface area (Å²) >= 11 is 0. The van der Waals surface area contributed by atoms with Crippen LogP contribution in [0.4, 0.5) is 5.95 Å². The molecule has 2 fully saturated rings.